The smallest absolute Gasteiger partial charge is 0.285 e. The number of carbonyl (C=O) groups is 1. The van der Waals surface area contributed by atoms with Crippen LogP contribution in [0, 0.1) is 0 Å². The summed E-state index contributed by atoms with van der Waals surface area (Å²) in [6.45, 7) is 0. The number of halogens is 2. The normalized spacial score (nSPS) is 15.4. The van der Waals surface area contributed by atoms with E-state index in [9.17, 15) is 4.79 Å². The Morgan fingerprint density at radius 2 is 1.94 bits per heavy atom. The van der Waals surface area contributed by atoms with Gasteiger partial charge in [-0.3, -0.25) is 10.2 Å². The van der Waals surface area contributed by atoms with Crippen molar-refractivity contribution in [2.75, 3.05) is 5.43 Å². The summed E-state index contributed by atoms with van der Waals surface area (Å²) in [6, 6.07) is 16.6. The third-order valence-corrected chi connectivity index (χ3v) is 7.38. The molecule has 0 atom stereocenters. The molecule has 1 N–H and O–H groups in total. The number of hydrogen-bond acceptors (Lipinski definition) is 7. The van der Waals surface area contributed by atoms with Gasteiger partial charge >= 0.3 is 0 Å². The minimum atomic E-state index is -0.262. The van der Waals surface area contributed by atoms with Crippen LogP contribution in [0.15, 0.2) is 63.9 Å². The number of para-hydroxylation sites is 1. The molecule has 10 heteroatoms. The Labute approximate surface area is 200 Å². The number of fused-ring (bicyclic) bond motifs is 1. The Morgan fingerprint density at radius 1 is 1.10 bits per heavy atom. The van der Waals surface area contributed by atoms with Crippen molar-refractivity contribution in [3.05, 3.63) is 75.3 Å². The van der Waals surface area contributed by atoms with Crippen molar-refractivity contribution in [3.8, 4) is 11.3 Å². The zero-order chi connectivity index (χ0) is 21.5. The molecular weight excluding hydrogens is 493 g/mol. The second-order valence-corrected chi connectivity index (χ2v) is 9.97. The Hall–Kier alpha value is -2.36. The summed E-state index contributed by atoms with van der Waals surface area (Å²) < 4.78 is 7.29. The lowest BCUT2D eigenvalue weighted by Crippen LogP contribution is -2.33. The number of carbonyl (C=O) groups excluding carboxylic acids is 1. The van der Waals surface area contributed by atoms with Gasteiger partial charge in [-0.15, -0.1) is 0 Å². The molecule has 1 fully saturated rings. The van der Waals surface area contributed by atoms with Crippen molar-refractivity contribution in [2.45, 2.75) is 0 Å². The standard InChI is InChI=1S/C21H11Cl2N3O2S3/c22-13-7-5-11(9-14(13)23)16-8-6-12(28-16)10-18-19(27)26(21(29)31-18)25-20-24-15-3-1-2-4-17(15)30-20/h1-10H,(H,24,25)/b18-10-. The SMILES string of the molecule is O=C1/C(=C/c2ccc(-c3ccc(Cl)c(Cl)c3)o2)SC(=S)N1Nc1nc2ccccc2s1. The minimum Gasteiger partial charge on any atom is -0.457 e. The lowest BCUT2D eigenvalue weighted by atomic mass is 10.2. The third kappa shape index (κ3) is 4.09. The zero-order valence-electron chi connectivity index (χ0n) is 15.5. The van der Waals surface area contributed by atoms with Gasteiger partial charge in [0.15, 0.2) is 4.32 Å². The molecule has 0 spiro atoms. The van der Waals surface area contributed by atoms with Crippen LogP contribution in [0.2, 0.25) is 10.0 Å². The molecule has 154 valence electrons. The summed E-state index contributed by atoms with van der Waals surface area (Å²) in [5.74, 6) is 0.885. The summed E-state index contributed by atoms with van der Waals surface area (Å²) in [6.07, 6.45) is 1.67. The molecule has 2 aromatic heterocycles. The molecule has 31 heavy (non-hydrogen) atoms. The van der Waals surface area contributed by atoms with Gasteiger partial charge < -0.3 is 4.42 Å². The van der Waals surface area contributed by atoms with Gasteiger partial charge in [0.25, 0.3) is 5.91 Å². The number of nitrogens with one attached hydrogen (secondary N) is 1. The number of rotatable bonds is 4. The molecule has 4 aromatic rings. The van der Waals surface area contributed by atoms with E-state index in [0.717, 1.165) is 15.8 Å². The number of hydrogen-bond donors (Lipinski definition) is 1. The van der Waals surface area contributed by atoms with Crippen molar-refractivity contribution in [2.24, 2.45) is 0 Å². The van der Waals surface area contributed by atoms with Crippen LogP contribution in [0.4, 0.5) is 5.13 Å². The number of furan rings is 1. The lowest BCUT2D eigenvalue weighted by molar-refractivity contribution is -0.121. The predicted octanol–water partition coefficient (Wildman–Crippen LogP) is 7.09. The molecule has 0 aliphatic carbocycles. The molecule has 3 heterocycles. The summed E-state index contributed by atoms with van der Waals surface area (Å²) in [4.78, 5) is 17.8. The quantitative estimate of drug-likeness (QED) is 0.237. The number of nitrogens with zero attached hydrogens (tertiary/aromatic N) is 2. The van der Waals surface area contributed by atoms with Crippen molar-refractivity contribution in [1.29, 1.82) is 0 Å². The van der Waals surface area contributed by atoms with Gasteiger partial charge in [0.05, 0.1) is 25.2 Å². The van der Waals surface area contributed by atoms with E-state index < -0.39 is 0 Å². The average Bonchev–Trinajstić information content (AvgIpc) is 3.45. The van der Waals surface area contributed by atoms with E-state index in [1.807, 2.05) is 36.4 Å². The lowest BCUT2D eigenvalue weighted by Gasteiger charge is -2.14. The molecule has 1 amide bonds. The highest BCUT2D eigenvalue weighted by Crippen LogP contribution is 2.35. The van der Waals surface area contributed by atoms with Gasteiger partial charge in [-0.05, 0) is 54.7 Å². The molecule has 2 aromatic carbocycles. The van der Waals surface area contributed by atoms with Crippen LogP contribution in [0.25, 0.3) is 27.6 Å². The number of hydrazine groups is 1. The Morgan fingerprint density at radius 3 is 2.74 bits per heavy atom. The fourth-order valence-corrected chi connectivity index (χ4v) is 5.26. The van der Waals surface area contributed by atoms with Gasteiger partial charge in [0.2, 0.25) is 5.13 Å². The van der Waals surface area contributed by atoms with Crippen molar-refractivity contribution in [3.63, 3.8) is 0 Å². The topological polar surface area (TPSA) is 58.4 Å². The van der Waals surface area contributed by atoms with E-state index in [1.165, 1.54) is 28.1 Å². The van der Waals surface area contributed by atoms with Gasteiger partial charge in [0.1, 0.15) is 11.5 Å². The Kier molecular flexibility index (Phi) is 5.49. The zero-order valence-corrected chi connectivity index (χ0v) is 19.4. The predicted molar refractivity (Wildman–Crippen MR) is 132 cm³/mol. The first-order valence-corrected chi connectivity index (χ1v) is 11.7. The van der Waals surface area contributed by atoms with Crippen LogP contribution in [0.5, 0.6) is 0 Å². The van der Waals surface area contributed by atoms with Crippen LogP contribution >= 0.6 is 58.5 Å². The number of thiocarbonyl (C=S) groups is 1. The summed E-state index contributed by atoms with van der Waals surface area (Å²) in [7, 11) is 0. The van der Waals surface area contributed by atoms with Gasteiger partial charge in [0, 0.05) is 11.6 Å². The highest BCUT2D eigenvalue weighted by molar-refractivity contribution is 8.26. The Bertz CT molecular complexity index is 1350. The third-order valence-electron chi connectivity index (χ3n) is 4.40. The number of thiazole rings is 1. The highest BCUT2D eigenvalue weighted by Gasteiger charge is 2.33. The number of aromatic nitrogens is 1. The monoisotopic (exact) mass is 503 g/mol. The fourth-order valence-electron chi connectivity index (χ4n) is 2.94. The molecular formula is C21H11Cl2N3O2S3. The summed E-state index contributed by atoms with van der Waals surface area (Å²) >= 11 is 20.1. The van der Waals surface area contributed by atoms with E-state index in [0.29, 0.717) is 35.9 Å². The maximum Gasteiger partial charge on any atom is 0.285 e. The summed E-state index contributed by atoms with van der Waals surface area (Å²) in [5, 5.41) is 2.84. The van der Waals surface area contributed by atoms with Gasteiger partial charge in [-0.25, -0.2) is 4.98 Å². The maximum absolute atomic E-state index is 12.9. The largest absolute Gasteiger partial charge is 0.457 e. The molecule has 1 aliphatic heterocycles. The first kappa shape index (κ1) is 20.5. The van der Waals surface area contributed by atoms with Crippen molar-refractivity contribution >= 4 is 90.2 Å². The maximum atomic E-state index is 12.9. The fraction of sp³-hybridized carbons (Fsp3) is 0. The molecule has 1 saturated heterocycles. The van der Waals surface area contributed by atoms with Crippen molar-refractivity contribution < 1.29 is 9.21 Å². The van der Waals surface area contributed by atoms with Crippen LogP contribution in [-0.2, 0) is 4.79 Å². The van der Waals surface area contributed by atoms with E-state index >= 15 is 0 Å². The molecule has 0 unspecified atom stereocenters. The number of anilines is 1. The summed E-state index contributed by atoms with van der Waals surface area (Å²) in [5.41, 5.74) is 4.67. The number of benzene rings is 2. The molecule has 5 rings (SSSR count). The molecule has 0 saturated carbocycles. The van der Waals surface area contributed by atoms with Crippen LogP contribution < -0.4 is 5.43 Å². The molecule has 1 aliphatic rings. The van der Waals surface area contributed by atoms with E-state index in [4.69, 9.17) is 39.8 Å². The van der Waals surface area contributed by atoms with E-state index in [1.54, 1.807) is 24.3 Å². The minimum absolute atomic E-state index is 0.262. The van der Waals surface area contributed by atoms with Crippen molar-refractivity contribution in [1.82, 2.24) is 9.99 Å². The number of amides is 1. The van der Waals surface area contributed by atoms with Gasteiger partial charge in [-0.2, -0.15) is 5.01 Å². The second kappa shape index (κ2) is 8.29. The van der Waals surface area contributed by atoms with Crippen LogP contribution in [-0.4, -0.2) is 20.2 Å². The average molecular weight is 504 g/mol. The molecule has 5 nitrogen and oxygen atoms in total. The first-order chi connectivity index (χ1) is 15.0. The van der Waals surface area contributed by atoms with E-state index in [2.05, 4.69) is 10.4 Å². The van der Waals surface area contributed by atoms with Crippen LogP contribution in [0.1, 0.15) is 5.76 Å². The van der Waals surface area contributed by atoms with Crippen LogP contribution in [0.3, 0.4) is 0 Å². The number of thioether (sulfide) groups is 1. The Balaban J connectivity index is 1.36. The molecule has 0 bridgehead atoms. The highest BCUT2D eigenvalue weighted by atomic mass is 35.5. The molecule has 0 radical (unpaired) electrons. The second-order valence-electron chi connectivity index (χ2n) is 6.45. The van der Waals surface area contributed by atoms with E-state index in [-0.39, 0.29) is 5.91 Å². The van der Waals surface area contributed by atoms with Gasteiger partial charge in [-0.1, -0.05) is 58.4 Å². The first-order valence-electron chi connectivity index (χ1n) is 8.93.